The number of hydrogen-bond acceptors (Lipinski definition) is 3. The molecule has 0 saturated heterocycles. The molecule has 1 saturated carbocycles. The van der Waals surface area contributed by atoms with Gasteiger partial charge in [0.25, 0.3) is 5.91 Å². The highest BCUT2D eigenvalue weighted by Crippen LogP contribution is 2.38. The summed E-state index contributed by atoms with van der Waals surface area (Å²) in [6, 6.07) is 5.30. The number of benzene rings is 1. The van der Waals surface area contributed by atoms with Gasteiger partial charge in [-0.15, -0.1) is 11.6 Å². The Bertz CT molecular complexity index is 526. The molecule has 5 heteroatoms. The van der Waals surface area contributed by atoms with E-state index in [9.17, 15) is 4.79 Å². The second kappa shape index (κ2) is 6.14. The van der Waals surface area contributed by atoms with Crippen LogP contribution in [0.5, 0.6) is 11.5 Å². The normalized spacial score (nSPS) is 19.3. The van der Waals surface area contributed by atoms with Crippen LogP contribution < -0.4 is 14.8 Å². The number of rotatable bonds is 4. The van der Waals surface area contributed by atoms with E-state index in [0.717, 1.165) is 12.8 Å². The number of carbonyl (C=O) groups is 1. The highest BCUT2D eigenvalue weighted by molar-refractivity contribution is 6.18. The second-order valence-corrected chi connectivity index (χ2v) is 6.15. The van der Waals surface area contributed by atoms with Crippen molar-refractivity contribution in [2.24, 2.45) is 5.41 Å². The quantitative estimate of drug-likeness (QED) is 0.870. The maximum absolute atomic E-state index is 12.3. The zero-order chi connectivity index (χ0) is 14.7. The van der Waals surface area contributed by atoms with Gasteiger partial charge in [0.15, 0.2) is 11.5 Å². The van der Waals surface area contributed by atoms with Crippen molar-refractivity contribution in [3.63, 3.8) is 0 Å². The summed E-state index contributed by atoms with van der Waals surface area (Å²) in [7, 11) is 0. The number of amides is 1. The molecule has 2 aliphatic rings. The van der Waals surface area contributed by atoms with Crippen LogP contribution in [0.25, 0.3) is 0 Å². The molecule has 0 radical (unpaired) electrons. The Morgan fingerprint density at radius 2 is 1.90 bits per heavy atom. The van der Waals surface area contributed by atoms with Gasteiger partial charge >= 0.3 is 0 Å². The van der Waals surface area contributed by atoms with E-state index in [1.807, 2.05) is 0 Å². The number of alkyl halides is 1. The molecule has 0 unspecified atom stereocenters. The minimum absolute atomic E-state index is 0.0744. The fourth-order valence-electron chi connectivity index (χ4n) is 3.04. The maximum atomic E-state index is 12.3. The largest absolute Gasteiger partial charge is 0.486 e. The highest BCUT2D eigenvalue weighted by Gasteiger charge is 2.33. The molecule has 3 rings (SSSR count). The lowest BCUT2D eigenvalue weighted by atomic mass is 9.88. The average molecular weight is 310 g/mol. The Hall–Kier alpha value is -1.42. The number of ether oxygens (including phenoxy) is 2. The molecule has 4 nitrogen and oxygen atoms in total. The third kappa shape index (κ3) is 3.10. The van der Waals surface area contributed by atoms with Gasteiger partial charge in [-0.1, -0.05) is 12.8 Å². The van der Waals surface area contributed by atoms with Crippen LogP contribution in [0, 0.1) is 5.41 Å². The van der Waals surface area contributed by atoms with Gasteiger partial charge in [-0.3, -0.25) is 4.79 Å². The zero-order valence-electron chi connectivity index (χ0n) is 12.0. The number of carbonyl (C=O) groups excluding carboxylic acids is 1. The van der Waals surface area contributed by atoms with Crippen molar-refractivity contribution in [3.8, 4) is 11.5 Å². The van der Waals surface area contributed by atoms with Crippen molar-refractivity contribution in [2.45, 2.75) is 25.7 Å². The van der Waals surface area contributed by atoms with Gasteiger partial charge in [-0.25, -0.2) is 0 Å². The molecule has 21 heavy (non-hydrogen) atoms. The average Bonchev–Trinajstić information content (AvgIpc) is 3.01. The van der Waals surface area contributed by atoms with Crippen molar-refractivity contribution in [1.82, 2.24) is 5.32 Å². The van der Waals surface area contributed by atoms with Crippen LogP contribution in [0.15, 0.2) is 18.2 Å². The van der Waals surface area contributed by atoms with E-state index in [4.69, 9.17) is 21.1 Å². The van der Waals surface area contributed by atoms with E-state index >= 15 is 0 Å². The topological polar surface area (TPSA) is 47.6 Å². The van der Waals surface area contributed by atoms with Gasteiger partial charge in [0.2, 0.25) is 0 Å². The van der Waals surface area contributed by atoms with Crippen LogP contribution >= 0.6 is 11.6 Å². The van der Waals surface area contributed by atoms with Crippen LogP contribution in [0.1, 0.15) is 36.0 Å². The SMILES string of the molecule is O=C(NCC1(CCl)CCCC1)c1ccc2c(c1)OCCO2. The fourth-order valence-corrected chi connectivity index (χ4v) is 3.40. The van der Waals surface area contributed by atoms with Gasteiger partial charge < -0.3 is 14.8 Å². The van der Waals surface area contributed by atoms with Gasteiger partial charge in [0.05, 0.1) is 0 Å². The first-order valence-corrected chi connectivity index (χ1v) is 8.00. The summed E-state index contributed by atoms with van der Waals surface area (Å²) in [6.45, 7) is 1.72. The first-order chi connectivity index (χ1) is 10.2. The Balaban J connectivity index is 1.65. The van der Waals surface area contributed by atoms with E-state index in [1.54, 1.807) is 18.2 Å². The van der Waals surface area contributed by atoms with E-state index in [-0.39, 0.29) is 11.3 Å². The minimum atomic E-state index is -0.0802. The third-order valence-corrected chi connectivity index (χ3v) is 4.94. The van der Waals surface area contributed by atoms with Crippen molar-refractivity contribution in [1.29, 1.82) is 0 Å². The monoisotopic (exact) mass is 309 g/mol. The third-order valence-electron chi connectivity index (χ3n) is 4.38. The minimum Gasteiger partial charge on any atom is -0.486 e. The lowest BCUT2D eigenvalue weighted by molar-refractivity contribution is 0.0934. The predicted molar refractivity (Wildman–Crippen MR) is 81.4 cm³/mol. The van der Waals surface area contributed by atoms with Crippen molar-refractivity contribution >= 4 is 17.5 Å². The standard InChI is InChI=1S/C16H20ClNO3/c17-10-16(5-1-2-6-16)11-18-15(19)12-3-4-13-14(9-12)21-8-7-20-13/h3-4,9H,1-2,5-8,10-11H2,(H,18,19). The fraction of sp³-hybridized carbons (Fsp3) is 0.562. The van der Waals surface area contributed by atoms with Crippen molar-refractivity contribution in [2.75, 3.05) is 25.6 Å². The smallest absolute Gasteiger partial charge is 0.251 e. The molecule has 1 aromatic rings. The first kappa shape index (κ1) is 14.5. The molecule has 1 N–H and O–H groups in total. The Labute approximate surface area is 129 Å². The summed E-state index contributed by atoms with van der Waals surface area (Å²) < 4.78 is 11.0. The molecule has 0 spiro atoms. The van der Waals surface area contributed by atoms with Crippen LogP contribution in [0.2, 0.25) is 0 Å². The second-order valence-electron chi connectivity index (χ2n) is 5.88. The van der Waals surface area contributed by atoms with Gasteiger partial charge in [-0.05, 0) is 31.0 Å². The summed E-state index contributed by atoms with van der Waals surface area (Å²) in [6.07, 6.45) is 4.59. The lowest BCUT2D eigenvalue weighted by Crippen LogP contribution is -2.37. The van der Waals surface area contributed by atoms with Crippen molar-refractivity contribution < 1.29 is 14.3 Å². The van der Waals surface area contributed by atoms with E-state index in [2.05, 4.69) is 5.32 Å². The molecule has 1 amide bonds. The Morgan fingerprint density at radius 1 is 1.19 bits per heavy atom. The molecule has 1 heterocycles. The molecule has 0 aromatic heterocycles. The van der Waals surface area contributed by atoms with E-state index in [1.165, 1.54) is 12.8 Å². The molecule has 1 aliphatic carbocycles. The summed E-state index contributed by atoms with van der Waals surface area (Å²) >= 11 is 6.10. The van der Waals surface area contributed by atoms with Gasteiger partial charge in [0, 0.05) is 23.4 Å². The van der Waals surface area contributed by atoms with Crippen LogP contribution in [-0.4, -0.2) is 31.5 Å². The maximum Gasteiger partial charge on any atom is 0.251 e. The molecule has 0 atom stereocenters. The molecule has 0 bridgehead atoms. The first-order valence-electron chi connectivity index (χ1n) is 7.46. The zero-order valence-corrected chi connectivity index (χ0v) is 12.7. The molecule has 1 aliphatic heterocycles. The number of nitrogens with one attached hydrogen (secondary N) is 1. The van der Waals surface area contributed by atoms with E-state index in [0.29, 0.717) is 42.7 Å². The number of hydrogen-bond donors (Lipinski definition) is 1. The summed E-state index contributed by atoms with van der Waals surface area (Å²) in [5, 5.41) is 3.02. The van der Waals surface area contributed by atoms with Crippen LogP contribution in [0.3, 0.4) is 0 Å². The Morgan fingerprint density at radius 3 is 2.62 bits per heavy atom. The highest BCUT2D eigenvalue weighted by atomic mass is 35.5. The van der Waals surface area contributed by atoms with Crippen LogP contribution in [-0.2, 0) is 0 Å². The summed E-state index contributed by atoms with van der Waals surface area (Å²) in [5.41, 5.74) is 0.673. The number of halogens is 1. The molecule has 1 aromatic carbocycles. The van der Waals surface area contributed by atoms with E-state index < -0.39 is 0 Å². The molecular weight excluding hydrogens is 290 g/mol. The van der Waals surface area contributed by atoms with Gasteiger partial charge in [0.1, 0.15) is 13.2 Å². The Kier molecular flexibility index (Phi) is 4.24. The van der Waals surface area contributed by atoms with Crippen molar-refractivity contribution in [3.05, 3.63) is 23.8 Å². The van der Waals surface area contributed by atoms with Crippen LogP contribution in [0.4, 0.5) is 0 Å². The predicted octanol–water partition coefficient (Wildman–Crippen LogP) is 2.99. The summed E-state index contributed by atoms with van der Waals surface area (Å²) in [5.74, 6) is 1.87. The molecule has 1 fully saturated rings. The summed E-state index contributed by atoms with van der Waals surface area (Å²) in [4.78, 5) is 12.3. The lowest BCUT2D eigenvalue weighted by Gasteiger charge is -2.26. The molecule has 114 valence electrons. The number of fused-ring (bicyclic) bond motifs is 1. The van der Waals surface area contributed by atoms with Gasteiger partial charge in [-0.2, -0.15) is 0 Å². The molecular formula is C16H20ClNO3.